The van der Waals surface area contributed by atoms with Gasteiger partial charge >= 0.3 is 0 Å². The molecule has 6 heteroatoms. The number of amides is 1. The number of nitrogens with zero attached hydrogens (tertiary/aromatic N) is 1. The van der Waals surface area contributed by atoms with Gasteiger partial charge in [0.25, 0.3) is 0 Å². The maximum Gasteiger partial charge on any atom is 0.225 e. The molecule has 118 valence electrons. The number of benzene rings is 1. The Morgan fingerprint density at radius 2 is 2.14 bits per heavy atom. The molecule has 1 aromatic rings. The Bertz CT molecular complexity index is 451. The average Bonchev–Trinajstić information content (AvgIpc) is 2.47. The largest absolute Gasteiger partial charge is 0.493 e. The van der Waals surface area contributed by atoms with Crippen LogP contribution in [-0.4, -0.2) is 43.6 Å². The lowest BCUT2D eigenvalue weighted by atomic mass is 10.1. The topological polar surface area (TPSA) is 41.6 Å². The predicted molar refractivity (Wildman–Crippen MR) is 90.2 cm³/mol. The molecule has 21 heavy (non-hydrogen) atoms. The van der Waals surface area contributed by atoms with E-state index >= 15 is 0 Å². The minimum atomic E-state index is 0. The third kappa shape index (κ3) is 5.85. The van der Waals surface area contributed by atoms with Crippen LogP contribution in [0.1, 0.15) is 19.3 Å². The zero-order valence-electron chi connectivity index (χ0n) is 12.2. The first-order chi connectivity index (χ1) is 9.69. The van der Waals surface area contributed by atoms with Crippen molar-refractivity contribution >= 4 is 34.2 Å². The molecule has 0 bridgehead atoms. The molecule has 4 nitrogen and oxygen atoms in total. The summed E-state index contributed by atoms with van der Waals surface area (Å²) >= 11 is 3.40. The first kappa shape index (κ1) is 18.3. The zero-order valence-corrected chi connectivity index (χ0v) is 14.6. The second-order valence-corrected chi connectivity index (χ2v) is 5.92. The number of hydrogen-bond acceptors (Lipinski definition) is 3. The quantitative estimate of drug-likeness (QED) is 0.858. The van der Waals surface area contributed by atoms with Gasteiger partial charge in [0.15, 0.2) is 0 Å². The molecule has 1 N–H and O–H groups in total. The van der Waals surface area contributed by atoms with Gasteiger partial charge in [-0.3, -0.25) is 4.79 Å². The van der Waals surface area contributed by atoms with E-state index in [0.29, 0.717) is 19.1 Å². The molecule has 1 aliphatic heterocycles. The van der Waals surface area contributed by atoms with Crippen LogP contribution in [-0.2, 0) is 4.79 Å². The van der Waals surface area contributed by atoms with Crippen molar-refractivity contribution in [1.29, 1.82) is 0 Å². The van der Waals surface area contributed by atoms with Gasteiger partial charge in [-0.15, -0.1) is 12.4 Å². The molecule has 1 amide bonds. The lowest BCUT2D eigenvalue weighted by Gasteiger charge is -2.31. The predicted octanol–water partition coefficient (Wildman–Crippen LogP) is 2.85. The van der Waals surface area contributed by atoms with E-state index in [1.165, 1.54) is 0 Å². The highest BCUT2D eigenvalue weighted by atomic mass is 79.9. The molecule has 2 rings (SSSR count). The molecule has 1 aliphatic rings. The van der Waals surface area contributed by atoms with Gasteiger partial charge in [-0.2, -0.15) is 0 Å². The minimum absolute atomic E-state index is 0. The molecular weight excluding hydrogens is 356 g/mol. The van der Waals surface area contributed by atoms with Gasteiger partial charge in [0.2, 0.25) is 5.91 Å². The van der Waals surface area contributed by atoms with Crippen molar-refractivity contribution in [3.63, 3.8) is 0 Å². The first-order valence-electron chi connectivity index (χ1n) is 7.02. The van der Waals surface area contributed by atoms with Crippen LogP contribution >= 0.6 is 28.3 Å². The summed E-state index contributed by atoms with van der Waals surface area (Å²) in [4.78, 5) is 14.0. The second kappa shape index (κ2) is 9.28. The third-order valence-corrected chi connectivity index (χ3v) is 4.13. The van der Waals surface area contributed by atoms with Crippen molar-refractivity contribution in [2.75, 3.05) is 26.7 Å². The monoisotopic (exact) mass is 376 g/mol. The Labute approximate surface area is 140 Å². The van der Waals surface area contributed by atoms with Crippen LogP contribution in [0.15, 0.2) is 28.7 Å². The highest BCUT2D eigenvalue weighted by Crippen LogP contribution is 2.18. The van der Waals surface area contributed by atoms with Crippen LogP contribution in [0.3, 0.4) is 0 Å². The van der Waals surface area contributed by atoms with E-state index in [1.54, 1.807) is 0 Å². The number of likely N-dealkylation sites (tertiary alicyclic amines) is 1. The average molecular weight is 378 g/mol. The summed E-state index contributed by atoms with van der Waals surface area (Å²) in [6.07, 6.45) is 2.51. The second-order valence-electron chi connectivity index (χ2n) is 5.00. The van der Waals surface area contributed by atoms with Gasteiger partial charge in [-0.05, 0) is 38.1 Å². The fourth-order valence-electron chi connectivity index (χ4n) is 2.39. The number of halogens is 2. The number of piperidine rings is 1. The van der Waals surface area contributed by atoms with Crippen molar-refractivity contribution in [3.05, 3.63) is 28.7 Å². The van der Waals surface area contributed by atoms with Gasteiger partial charge < -0.3 is 15.0 Å². The summed E-state index contributed by atoms with van der Waals surface area (Å²) in [7, 11) is 1.98. The number of carbonyl (C=O) groups is 1. The highest BCUT2D eigenvalue weighted by molar-refractivity contribution is 9.10. The Balaban J connectivity index is 0.00000220. The number of ether oxygens (including phenoxy) is 1. The van der Waals surface area contributed by atoms with Crippen molar-refractivity contribution < 1.29 is 9.53 Å². The summed E-state index contributed by atoms with van der Waals surface area (Å²) in [6.45, 7) is 2.13. The Morgan fingerprint density at radius 3 is 2.76 bits per heavy atom. The van der Waals surface area contributed by atoms with E-state index < -0.39 is 0 Å². The van der Waals surface area contributed by atoms with Gasteiger partial charge in [-0.1, -0.05) is 22.0 Å². The van der Waals surface area contributed by atoms with Gasteiger partial charge in [0.05, 0.1) is 13.0 Å². The summed E-state index contributed by atoms with van der Waals surface area (Å²) in [5, 5.41) is 3.27. The van der Waals surface area contributed by atoms with Crippen molar-refractivity contribution in [1.82, 2.24) is 10.2 Å². The minimum Gasteiger partial charge on any atom is -0.493 e. The molecule has 0 aliphatic carbocycles. The number of rotatable bonds is 5. The van der Waals surface area contributed by atoms with E-state index in [4.69, 9.17) is 4.74 Å². The molecule has 0 saturated carbocycles. The lowest BCUT2D eigenvalue weighted by molar-refractivity contribution is -0.132. The van der Waals surface area contributed by atoms with Gasteiger partial charge in [-0.25, -0.2) is 0 Å². The van der Waals surface area contributed by atoms with E-state index in [9.17, 15) is 4.79 Å². The Hall–Kier alpha value is -0.780. The molecule has 1 aromatic carbocycles. The smallest absolute Gasteiger partial charge is 0.225 e. The van der Waals surface area contributed by atoms with Crippen LogP contribution in [0.5, 0.6) is 5.75 Å². The third-order valence-electron chi connectivity index (χ3n) is 3.64. The van der Waals surface area contributed by atoms with Crippen molar-refractivity contribution in [2.45, 2.75) is 25.3 Å². The number of nitrogens with one attached hydrogen (secondary N) is 1. The first-order valence-corrected chi connectivity index (χ1v) is 7.82. The zero-order chi connectivity index (χ0) is 14.4. The molecule has 0 aromatic heterocycles. The number of hydrogen-bond donors (Lipinski definition) is 1. The van der Waals surface area contributed by atoms with Gasteiger partial charge in [0, 0.05) is 23.6 Å². The molecule has 1 saturated heterocycles. The normalized spacial score (nSPS) is 15.4. The summed E-state index contributed by atoms with van der Waals surface area (Å²) < 4.78 is 6.58. The van der Waals surface area contributed by atoms with E-state index in [0.717, 1.165) is 36.2 Å². The summed E-state index contributed by atoms with van der Waals surface area (Å²) in [5.41, 5.74) is 0. The van der Waals surface area contributed by atoms with E-state index in [1.807, 2.05) is 36.2 Å². The van der Waals surface area contributed by atoms with Crippen LogP contribution in [0, 0.1) is 0 Å². The maximum absolute atomic E-state index is 12.1. The molecule has 0 atom stereocenters. The Morgan fingerprint density at radius 1 is 1.43 bits per heavy atom. The fraction of sp³-hybridized carbons (Fsp3) is 0.533. The molecule has 0 spiro atoms. The molecule has 1 fully saturated rings. The number of carbonyl (C=O) groups excluding carboxylic acids is 1. The standard InChI is InChI=1S/C15H21BrN2O2.ClH/c1-17-13-5-8-18(9-6-13)15(19)7-10-20-14-4-2-3-12(16)11-14;/h2-4,11,13,17H,5-10H2,1H3;1H. The Kier molecular flexibility index (Phi) is 8.07. The van der Waals surface area contributed by atoms with Crippen molar-refractivity contribution in [2.24, 2.45) is 0 Å². The fourth-order valence-corrected chi connectivity index (χ4v) is 2.77. The molecule has 1 heterocycles. The molecule has 0 unspecified atom stereocenters. The lowest BCUT2D eigenvalue weighted by Crippen LogP contribution is -2.44. The summed E-state index contributed by atoms with van der Waals surface area (Å²) in [6, 6.07) is 8.22. The van der Waals surface area contributed by atoms with E-state index in [-0.39, 0.29) is 18.3 Å². The SMILES string of the molecule is CNC1CCN(C(=O)CCOc2cccc(Br)c2)CC1.Cl. The van der Waals surface area contributed by atoms with Crippen LogP contribution in [0.2, 0.25) is 0 Å². The van der Waals surface area contributed by atoms with Crippen LogP contribution < -0.4 is 10.1 Å². The maximum atomic E-state index is 12.1. The summed E-state index contributed by atoms with van der Waals surface area (Å²) in [5.74, 6) is 0.982. The molecule has 0 radical (unpaired) electrons. The van der Waals surface area contributed by atoms with Crippen molar-refractivity contribution in [3.8, 4) is 5.75 Å². The van der Waals surface area contributed by atoms with Gasteiger partial charge in [0.1, 0.15) is 5.75 Å². The molecular formula is C15H22BrClN2O2. The highest BCUT2D eigenvalue weighted by Gasteiger charge is 2.21. The van der Waals surface area contributed by atoms with Crippen LogP contribution in [0.4, 0.5) is 0 Å². The van der Waals surface area contributed by atoms with E-state index in [2.05, 4.69) is 21.2 Å². The van der Waals surface area contributed by atoms with Crippen LogP contribution in [0.25, 0.3) is 0 Å².